The number of methoxy groups -OCH3 is 1. The molecule has 4 rings (SSSR count). The zero-order valence-electron chi connectivity index (χ0n) is 11.7. The van der Waals surface area contributed by atoms with Gasteiger partial charge in [0.15, 0.2) is 23.4 Å². The molecule has 3 aliphatic rings. The number of ether oxygens (including phenoxy) is 2. The van der Waals surface area contributed by atoms with Gasteiger partial charge in [0, 0.05) is 21.9 Å². The Kier molecular flexibility index (Phi) is 2.54. The van der Waals surface area contributed by atoms with Crippen molar-refractivity contribution in [1.82, 2.24) is 0 Å². The standard InChI is InChI=1S/C16H17BrO3/c1-16-8-3-5-9-10(17)7-12(19-2)14(13(9)16)20-15(16)11(18)6-4-8/h7-8,15H,3-6H2,1-2H3/t8?,15-,16?/m1/s1. The number of benzene rings is 1. The lowest BCUT2D eigenvalue weighted by Crippen LogP contribution is -2.52. The van der Waals surface area contributed by atoms with Crippen LogP contribution in [0.4, 0.5) is 0 Å². The van der Waals surface area contributed by atoms with Gasteiger partial charge in [-0.2, -0.15) is 0 Å². The Labute approximate surface area is 126 Å². The second kappa shape index (κ2) is 4.00. The Morgan fingerprint density at radius 3 is 2.90 bits per heavy atom. The molecule has 106 valence electrons. The average Bonchev–Trinajstić information content (AvgIpc) is 2.75. The molecule has 1 aromatic carbocycles. The molecule has 4 heteroatoms. The van der Waals surface area contributed by atoms with Crippen molar-refractivity contribution < 1.29 is 14.3 Å². The van der Waals surface area contributed by atoms with Crippen LogP contribution < -0.4 is 9.47 Å². The molecule has 0 aromatic heterocycles. The largest absolute Gasteiger partial charge is 0.493 e. The Hall–Kier alpha value is -1.03. The van der Waals surface area contributed by atoms with E-state index in [9.17, 15) is 4.79 Å². The molecule has 0 amide bonds. The highest BCUT2D eigenvalue weighted by Crippen LogP contribution is 2.60. The van der Waals surface area contributed by atoms with E-state index in [4.69, 9.17) is 9.47 Å². The highest BCUT2D eigenvalue weighted by atomic mass is 79.9. The topological polar surface area (TPSA) is 35.5 Å². The van der Waals surface area contributed by atoms with Crippen LogP contribution in [0.3, 0.4) is 0 Å². The lowest BCUT2D eigenvalue weighted by Gasteiger charge is -2.44. The predicted octanol–water partition coefficient (Wildman–Crippen LogP) is 3.40. The highest BCUT2D eigenvalue weighted by molar-refractivity contribution is 9.10. The quantitative estimate of drug-likeness (QED) is 0.788. The molecule has 0 N–H and O–H groups in total. The molecular weight excluding hydrogens is 320 g/mol. The second-order valence-corrected chi connectivity index (χ2v) is 7.12. The maximum atomic E-state index is 12.3. The smallest absolute Gasteiger partial charge is 0.174 e. The first-order chi connectivity index (χ1) is 9.57. The number of hydrogen-bond acceptors (Lipinski definition) is 3. The van der Waals surface area contributed by atoms with E-state index in [2.05, 4.69) is 22.9 Å². The molecular formula is C16H17BrO3. The molecule has 1 saturated carbocycles. The molecule has 1 fully saturated rings. The molecule has 3 atom stereocenters. The molecule has 20 heavy (non-hydrogen) atoms. The van der Waals surface area contributed by atoms with Gasteiger partial charge in [0.05, 0.1) is 7.11 Å². The van der Waals surface area contributed by atoms with Crippen LogP contribution in [0.5, 0.6) is 11.5 Å². The van der Waals surface area contributed by atoms with E-state index in [1.165, 1.54) is 11.1 Å². The average molecular weight is 337 g/mol. The van der Waals surface area contributed by atoms with Crippen molar-refractivity contribution in [3.05, 3.63) is 21.7 Å². The van der Waals surface area contributed by atoms with Gasteiger partial charge < -0.3 is 9.47 Å². The second-order valence-electron chi connectivity index (χ2n) is 6.26. The van der Waals surface area contributed by atoms with Crippen LogP contribution in [0, 0.1) is 5.92 Å². The van der Waals surface area contributed by atoms with Crippen molar-refractivity contribution in [3.63, 3.8) is 0 Å². The first-order valence-corrected chi connectivity index (χ1v) is 7.96. The summed E-state index contributed by atoms with van der Waals surface area (Å²) in [6.45, 7) is 2.21. The maximum Gasteiger partial charge on any atom is 0.174 e. The number of Topliss-reactive ketones (excluding diaryl/α,β-unsaturated/α-hetero) is 1. The van der Waals surface area contributed by atoms with Crippen molar-refractivity contribution in [2.45, 2.75) is 44.1 Å². The third-order valence-electron chi connectivity index (χ3n) is 5.46. The summed E-state index contributed by atoms with van der Waals surface area (Å²) in [7, 11) is 1.65. The third-order valence-corrected chi connectivity index (χ3v) is 6.17. The number of halogens is 1. The van der Waals surface area contributed by atoms with E-state index in [-0.39, 0.29) is 17.3 Å². The van der Waals surface area contributed by atoms with E-state index in [1.807, 2.05) is 6.07 Å². The van der Waals surface area contributed by atoms with E-state index in [0.717, 1.165) is 35.2 Å². The van der Waals surface area contributed by atoms with Crippen molar-refractivity contribution in [2.75, 3.05) is 7.11 Å². The van der Waals surface area contributed by atoms with Gasteiger partial charge in [-0.15, -0.1) is 0 Å². The van der Waals surface area contributed by atoms with Crippen LogP contribution in [0.2, 0.25) is 0 Å². The molecule has 2 aliphatic carbocycles. The van der Waals surface area contributed by atoms with Crippen molar-refractivity contribution in [2.24, 2.45) is 5.92 Å². The van der Waals surface area contributed by atoms with Gasteiger partial charge in [0.1, 0.15) is 0 Å². The molecule has 0 bridgehead atoms. The number of carbonyl (C=O) groups is 1. The number of hydrogen-bond donors (Lipinski definition) is 0. The molecule has 1 aromatic rings. The first-order valence-electron chi connectivity index (χ1n) is 7.16. The van der Waals surface area contributed by atoms with E-state index >= 15 is 0 Å². The van der Waals surface area contributed by atoms with Crippen LogP contribution >= 0.6 is 15.9 Å². The van der Waals surface area contributed by atoms with E-state index in [0.29, 0.717) is 12.3 Å². The van der Waals surface area contributed by atoms with E-state index < -0.39 is 0 Å². The Bertz CT molecular complexity index is 625. The lowest BCUT2D eigenvalue weighted by molar-refractivity contribution is -0.132. The Morgan fingerprint density at radius 1 is 1.40 bits per heavy atom. The number of carbonyl (C=O) groups excluding carboxylic acids is 1. The fraction of sp³-hybridized carbons (Fsp3) is 0.562. The molecule has 1 aliphatic heterocycles. The monoisotopic (exact) mass is 336 g/mol. The third kappa shape index (κ3) is 1.33. The van der Waals surface area contributed by atoms with Gasteiger partial charge in [-0.05, 0) is 36.8 Å². The minimum atomic E-state index is -0.321. The van der Waals surface area contributed by atoms with Gasteiger partial charge in [0.25, 0.3) is 0 Å². The van der Waals surface area contributed by atoms with Gasteiger partial charge in [-0.3, -0.25) is 4.79 Å². The number of ketones is 1. The van der Waals surface area contributed by atoms with Crippen LogP contribution in [0.15, 0.2) is 10.5 Å². The van der Waals surface area contributed by atoms with Crippen molar-refractivity contribution in [3.8, 4) is 11.5 Å². The number of rotatable bonds is 1. The van der Waals surface area contributed by atoms with Crippen LogP contribution in [-0.2, 0) is 16.6 Å². The summed E-state index contributed by atoms with van der Waals surface area (Å²) in [4.78, 5) is 12.3. The van der Waals surface area contributed by atoms with Crippen LogP contribution in [-0.4, -0.2) is 19.0 Å². The minimum absolute atomic E-state index is 0.171. The van der Waals surface area contributed by atoms with E-state index in [1.54, 1.807) is 7.11 Å². The molecule has 0 spiro atoms. The van der Waals surface area contributed by atoms with Gasteiger partial charge >= 0.3 is 0 Å². The van der Waals surface area contributed by atoms with Crippen molar-refractivity contribution in [1.29, 1.82) is 0 Å². The summed E-state index contributed by atoms with van der Waals surface area (Å²) in [6.07, 6.45) is 3.51. The summed E-state index contributed by atoms with van der Waals surface area (Å²) in [5, 5.41) is 0. The summed E-state index contributed by atoms with van der Waals surface area (Å²) < 4.78 is 12.6. The van der Waals surface area contributed by atoms with Gasteiger partial charge in [-0.1, -0.05) is 22.9 Å². The molecule has 2 unspecified atom stereocenters. The first kappa shape index (κ1) is 12.7. The Balaban J connectivity index is 2.03. The zero-order chi connectivity index (χ0) is 14.1. The van der Waals surface area contributed by atoms with Crippen LogP contribution in [0.25, 0.3) is 0 Å². The minimum Gasteiger partial charge on any atom is -0.493 e. The molecule has 0 radical (unpaired) electrons. The van der Waals surface area contributed by atoms with Gasteiger partial charge in [0.2, 0.25) is 0 Å². The van der Waals surface area contributed by atoms with Crippen LogP contribution in [0.1, 0.15) is 37.3 Å². The fourth-order valence-corrected chi connectivity index (χ4v) is 5.03. The summed E-state index contributed by atoms with van der Waals surface area (Å²) in [5.41, 5.74) is 2.35. The lowest BCUT2D eigenvalue weighted by atomic mass is 9.57. The summed E-state index contributed by atoms with van der Waals surface area (Å²) in [5.74, 6) is 2.32. The molecule has 1 heterocycles. The van der Waals surface area contributed by atoms with Gasteiger partial charge in [-0.25, -0.2) is 0 Å². The Morgan fingerprint density at radius 2 is 2.15 bits per heavy atom. The SMILES string of the molecule is COc1cc(Br)c2c3c1O[C@@H]1C(=O)CCC(CC2)C31C. The van der Waals surface area contributed by atoms with Crippen molar-refractivity contribution >= 4 is 21.7 Å². The normalized spacial score (nSPS) is 33.6. The maximum absolute atomic E-state index is 12.3. The highest BCUT2D eigenvalue weighted by Gasteiger charge is 2.59. The molecule has 0 saturated heterocycles. The summed E-state index contributed by atoms with van der Waals surface area (Å²) >= 11 is 3.66. The molecule has 3 nitrogen and oxygen atoms in total. The fourth-order valence-electron chi connectivity index (χ4n) is 4.43. The zero-order valence-corrected chi connectivity index (χ0v) is 13.2. The predicted molar refractivity (Wildman–Crippen MR) is 78.5 cm³/mol. The summed E-state index contributed by atoms with van der Waals surface area (Å²) in [6, 6.07) is 1.97.